The SMILES string of the molecule is CC(=O)NC[C@H]1CN(c2cc(F)c(C3=C[C@@H]4[C@@H](C#N)[C@@H]4C3)c(F)c2)C(=O)O1. The summed E-state index contributed by atoms with van der Waals surface area (Å²) in [4.78, 5) is 24.1. The van der Waals surface area contributed by atoms with Crippen molar-refractivity contribution in [3.05, 3.63) is 35.4 Å². The normalized spacial score (nSPS) is 28.3. The molecule has 4 rings (SSSR count). The molecule has 140 valence electrons. The molecule has 8 heteroatoms. The molecule has 0 aromatic heterocycles. The van der Waals surface area contributed by atoms with E-state index in [1.807, 2.05) is 0 Å². The number of carbonyl (C=O) groups excluding carboxylic acids is 2. The van der Waals surface area contributed by atoms with Crippen LogP contribution in [-0.2, 0) is 9.53 Å². The second-order valence-electron chi connectivity index (χ2n) is 7.13. The third-order valence-electron chi connectivity index (χ3n) is 5.34. The van der Waals surface area contributed by atoms with Crippen LogP contribution in [0.15, 0.2) is 18.2 Å². The fourth-order valence-electron chi connectivity index (χ4n) is 3.93. The van der Waals surface area contributed by atoms with E-state index in [9.17, 15) is 18.4 Å². The van der Waals surface area contributed by atoms with Crippen LogP contribution in [0.5, 0.6) is 0 Å². The van der Waals surface area contributed by atoms with Crippen LogP contribution in [0.4, 0.5) is 19.3 Å². The highest BCUT2D eigenvalue weighted by atomic mass is 19.1. The average molecular weight is 373 g/mol. The van der Waals surface area contributed by atoms with Crippen LogP contribution in [-0.4, -0.2) is 31.2 Å². The Kier molecular flexibility index (Phi) is 4.10. The minimum Gasteiger partial charge on any atom is -0.442 e. The molecule has 1 N–H and O–H groups in total. The summed E-state index contributed by atoms with van der Waals surface area (Å²) in [6, 6.07) is 4.43. The van der Waals surface area contributed by atoms with Crippen molar-refractivity contribution in [2.45, 2.75) is 19.4 Å². The van der Waals surface area contributed by atoms with Gasteiger partial charge in [0.2, 0.25) is 5.91 Å². The summed E-state index contributed by atoms with van der Waals surface area (Å²) in [5.74, 6) is -1.54. The molecule has 0 unspecified atom stereocenters. The largest absolute Gasteiger partial charge is 0.442 e. The van der Waals surface area contributed by atoms with Gasteiger partial charge >= 0.3 is 6.09 Å². The number of carbonyl (C=O) groups is 2. The van der Waals surface area contributed by atoms with Crippen LogP contribution in [0.1, 0.15) is 18.9 Å². The Bertz CT molecular complexity index is 885. The number of hydrogen-bond acceptors (Lipinski definition) is 4. The Morgan fingerprint density at radius 2 is 2.11 bits per heavy atom. The predicted molar refractivity (Wildman–Crippen MR) is 91.3 cm³/mol. The lowest BCUT2D eigenvalue weighted by atomic mass is 9.99. The number of benzene rings is 1. The molecule has 0 bridgehead atoms. The number of ether oxygens (including phenoxy) is 1. The summed E-state index contributed by atoms with van der Waals surface area (Å²) < 4.78 is 34.4. The molecular weight excluding hydrogens is 356 g/mol. The van der Waals surface area contributed by atoms with E-state index in [1.165, 1.54) is 6.92 Å². The first-order chi connectivity index (χ1) is 12.9. The molecule has 1 aromatic carbocycles. The van der Waals surface area contributed by atoms with Gasteiger partial charge in [-0.2, -0.15) is 5.26 Å². The predicted octanol–water partition coefficient (Wildman–Crippen LogP) is 2.60. The molecule has 0 spiro atoms. The molecule has 1 aliphatic heterocycles. The van der Waals surface area contributed by atoms with Crippen LogP contribution in [0.3, 0.4) is 0 Å². The minimum atomic E-state index is -0.746. The molecule has 1 saturated carbocycles. The highest BCUT2D eigenvalue weighted by Crippen LogP contribution is 2.58. The summed E-state index contributed by atoms with van der Waals surface area (Å²) >= 11 is 0. The van der Waals surface area contributed by atoms with Gasteiger partial charge < -0.3 is 10.1 Å². The molecule has 3 aliphatic rings. The maximum atomic E-state index is 14.6. The van der Waals surface area contributed by atoms with Gasteiger partial charge in [0.05, 0.1) is 30.8 Å². The number of fused-ring (bicyclic) bond motifs is 1. The maximum Gasteiger partial charge on any atom is 0.414 e. The van der Waals surface area contributed by atoms with Crippen LogP contribution in [0, 0.1) is 40.7 Å². The smallest absolute Gasteiger partial charge is 0.414 e. The number of allylic oxidation sites excluding steroid dienone is 2. The Morgan fingerprint density at radius 3 is 2.67 bits per heavy atom. The summed E-state index contributed by atoms with van der Waals surface area (Å²) in [7, 11) is 0. The zero-order valence-electron chi connectivity index (χ0n) is 14.5. The van der Waals surface area contributed by atoms with Gasteiger partial charge in [-0.05, 0) is 36.0 Å². The molecule has 4 atom stereocenters. The van der Waals surface area contributed by atoms with Gasteiger partial charge in [0.15, 0.2) is 0 Å². The van der Waals surface area contributed by atoms with Gasteiger partial charge in [0, 0.05) is 12.5 Å². The quantitative estimate of drug-likeness (QED) is 0.880. The molecule has 2 fully saturated rings. The monoisotopic (exact) mass is 373 g/mol. The molecule has 1 heterocycles. The topological polar surface area (TPSA) is 82.4 Å². The van der Waals surface area contributed by atoms with E-state index < -0.39 is 23.8 Å². The fourth-order valence-corrected chi connectivity index (χ4v) is 3.93. The van der Waals surface area contributed by atoms with E-state index >= 15 is 0 Å². The lowest BCUT2D eigenvalue weighted by Gasteiger charge is -2.16. The van der Waals surface area contributed by atoms with Crippen molar-refractivity contribution in [2.24, 2.45) is 17.8 Å². The zero-order valence-corrected chi connectivity index (χ0v) is 14.5. The Balaban J connectivity index is 1.53. The third-order valence-corrected chi connectivity index (χ3v) is 5.34. The standard InChI is InChI=1S/C19H17F2N3O3/c1-9(25)23-7-12-8-24(19(26)27-12)11-4-16(20)18(17(21)5-11)10-2-13-14(3-10)15(13)6-22/h2,4-5,12-15H,3,7-8H2,1H3,(H,23,25)/t12-,13-,14+,15+/m0/s1. The van der Waals surface area contributed by atoms with E-state index in [-0.39, 0.29) is 48.0 Å². The van der Waals surface area contributed by atoms with Gasteiger partial charge in [-0.1, -0.05) is 6.08 Å². The molecule has 1 aromatic rings. The summed E-state index contributed by atoms with van der Waals surface area (Å²) in [5, 5.41) is 11.5. The minimum absolute atomic E-state index is 0.0425. The zero-order chi connectivity index (χ0) is 19.3. The molecule has 27 heavy (non-hydrogen) atoms. The van der Waals surface area contributed by atoms with Crippen molar-refractivity contribution >= 4 is 23.3 Å². The van der Waals surface area contributed by atoms with E-state index in [0.717, 1.165) is 17.0 Å². The maximum absolute atomic E-state index is 14.6. The van der Waals surface area contributed by atoms with E-state index in [0.29, 0.717) is 12.0 Å². The van der Waals surface area contributed by atoms with E-state index in [1.54, 1.807) is 6.08 Å². The first kappa shape index (κ1) is 17.5. The second kappa shape index (κ2) is 6.34. The van der Waals surface area contributed by atoms with Crippen LogP contribution in [0.2, 0.25) is 0 Å². The Morgan fingerprint density at radius 1 is 1.41 bits per heavy atom. The van der Waals surface area contributed by atoms with Crippen molar-refractivity contribution in [3.8, 4) is 6.07 Å². The van der Waals surface area contributed by atoms with Crippen molar-refractivity contribution in [3.63, 3.8) is 0 Å². The highest BCUT2D eigenvalue weighted by Gasteiger charge is 2.53. The number of cyclic esters (lactones) is 1. The van der Waals surface area contributed by atoms with Crippen LogP contribution >= 0.6 is 0 Å². The van der Waals surface area contributed by atoms with Crippen molar-refractivity contribution < 1.29 is 23.1 Å². The Labute approximate surface area is 154 Å². The highest BCUT2D eigenvalue weighted by molar-refractivity contribution is 5.90. The fraction of sp³-hybridized carbons (Fsp3) is 0.421. The van der Waals surface area contributed by atoms with Gasteiger partial charge in [-0.3, -0.25) is 9.69 Å². The van der Waals surface area contributed by atoms with Gasteiger partial charge in [0.25, 0.3) is 0 Å². The number of nitrogens with one attached hydrogen (secondary N) is 1. The molecule has 6 nitrogen and oxygen atoms in total. The van der Waals surface area contributed by atoms with Crippen LogP contribution in [0.25, 0.3) is 5.57 Å². The lowest BCUT2D eigenvalue weighted by molar-refractivity contribution is -0.119. The first-order valence-electron chi connectivity index (χ1n) is 8.71. The molecule has 1 saturated heterocycles. The number of halogens is 2. The van der Waals surface area contributed by atoms with E-state index in [2.05, 4.69) is 11.4 Å². The first-order valence-corrected chi connectivity index (χ1v) is 8.71. The van der Waals surface area contributed by atoms with Gasteiger partial charge in [0.1, 0.15) is 17.7 Å². The second-order valence-corrected chi connectivity index (χ2v) is 7.13. The average Bonchev–Trinajstić information content (AvgIpc) is 2.92. The van der Waals surface area contributed by atoms with Gasteiger partial charge in [-0.25, -0.2) is 13.6 Å². The lowest BCUT2D eigenvalue weighted by Crippen LogP contribution is -2.33. The number of amides is 2. The molecule has 0 radical (unpaired) electrons. The molecule has 2 amide bonds. The van der Waals surface area contributed by atoms with Crippen LogP contribution < -0.4 is 10.2 Å². The van der Waals surface area contributed by atoms with Gasteiger partial charge in [-0.15, -0.1) is 0 Å². The summed E-state index contributed by atoms with van der Waals surface area (Å²) in [6.45, 7) is 1.57. The number of anilines is 1. The summed E-state index contributed by atoms with van der Waals surface area (Å²) in [6.07, 6.45) is 0.975. The summed E-state index contributed by atoms with van der Waals surface area (Å²) in [5.41, 5.74) is 0.554. The van der Waals surface area contributed by atoms with Crippen molar-refractivity contribution in [2.75, 3.05) is 18.0 Å². The van der Waals surface area contributed by atoms with Crippen molar-refractivity contribution in [1.82, 2.24) is 5.32 Å². The number of nitrogens with zero attached hydrogens (tertiary/aromatic N) is 2. The van der Waals surface area contributed by atoms with E-state index in [4.69, 9.17) is 10.00 Å². The third kappa shape index (κ3) is 3.03. The number of nitriles is 1. The molecule has 2 aliphatic carbocycles. The Hall–Kier alpha value is -2.95. The molecular formula is C19H17F2N3O3. The number of hydrogen-bond donors (Lipinski definition) is 1. The number of rotatable bonds is 4. The van der Waals surface area contributed by atoms with Crippen molar-refractivity contribution in [1.29, 1.82) is 5.26 Å².